The highest BCUT2D eigenvalue weighted by Gasteiger charge is 2.22. The van der Waals surface area contributed by atoms with E-state index in [9.17, 15) is 0 Å². The number of nitrogens with two attached hydrogens (primary N) is 1. The number of hydrogen-bond donors (Lipinski definition) is 1. The summed E-state index contributed by atoms with van der Waals surface area (Å²) in [5.74, 6) is 0.500. The van der Waals surface area contributed by atoms with E-state index in [4.69, 9.17) is 15.2 Å². The third kappa shape index (κ3) is 3.49. The topological polar surface area (TPSA) is 57.4 Å². The zero-order valence-electron chi connectivity index (χ0n) is 10.2. The van der Waals surface area contributed by atoms with E-state index in [1.54, 1.807) is 6.20 Å². The number of hydrogen-bond acceptors (Lipinski definition) is 4. The van der Waals surface area contributed by atoms with Gasteiger partial charge in [-0.1, -0.05) is 6.07 Å². The number of ether oxygens (including phenoxy) is 2. The molecule has 2 rings (SSSR count). The summed E-state index contributed by atoms with van der Waals surface area (Å²) in [5.41, 5.74) is 6.86. The van der Waals surface area contributed by atoms with Gasteiger partial charge in [-0.2, -0.15) is 0 Å². The predicted octanol–water partition coefficient (Wildman–Crippen LogP) is 1.52. The molecule has 0 amide bonds. The minimum atomic E-state index is -0.128. The minimum Gasteiger partial charge on any atom is -0.381 e. The van der Waals surface area contributed by atoms with Crippen molar-refractivity contribution in [2.45, 2.75) is 25.5 Å². The Morgan fingerprint density at radius 2 is 2.47 bits per heavy atom. The van der Waals surface area contributed by atoms with E-state index in [-0.39, 0.29) is 12.1 Å². The first-order valence-corrected chi connectivity index (χ1v) is 6.13. The molecule has 0 radical (unpaired) electrons. The maximum Gasteiger partial charge on any atom is 0.114 e. The average molecular weight is 236 g/mol. The third-order valence-electron chi connectivity index (χ3n) is 2.99. The lowest BCUT2D eigenvalue weighted by atomic mass is 10.1. The molecule has 0 bridgehead atoms. The molecule has 0 saturated carbocycles. The van der Waals surface area contributed by atoms with Gasteiger partial charge in [0.15, 0.2) is 0 Å². The van der Waals surface area contributed by atoms with Crippen molar-refractivity contribution in [3.05, 3.63) is 30.1 Å². The van der Waals surface area contributed by atoms with Crippen LogP contribution in [0.2, 0.25) is 0 Å². The second-order valence-electron chi connectivity index (χ2n) is 4.60. The van der Waals surface area contributed by atoms with Crippen LogP contribution in [0.25, 0.3) is 0 Å². The fourth-order valence-corrected chi connectivity index (χ4v) is 2.01. The number of rotatable bonds is 5. The molecule has 1 aromatic heterocycles. The van der Waals surface area contributed by atoms with Gasteiger partial charge in [0.2, 0.25) is 0 Å². The smallest absolute Gasteiger partial charge is 0.114 e. The highest BCUT2D eigenvalue weighted by atomic mass is 16.5. The molecular weight excluding hydrogens is 216 g/mol. The van der Waals surface area contributed by atoms with Gasteiger partial charge in [0.25, 0.3) is 0 Å². The van der Waals surface area contributed by atoms with Crippen LogP contribution in [-0.4, -0.2) is 30.8 Å². The summed E-state index contributed by atoms with van der Waals surface area (Å²) in [6.07, 6.45) is 2.72. The molecule has 1 aliphatic rings. The zero-order chi connectivity index (χ0) is 12.1. The van der Waals surface area contributed by atoms with Gasteiger partial charge < -0.3 is 15.2 Å². The predicted molar refractivity (Wildman–Crippen MR) is 65.5 cm³/mol. The quantitative estimate of drug-likeness (QED) is 0.842. The van der Waals surface area contributed by atoms with Crippen LogP contribution in [-0.2, 0) is 9.47 Å². The fraction of sp³-hybridized carbons (Fsp3) is 0.615. The molecule has 17 heavy (non-hydrogen) atoms. The van der Waals surface area contributed by atoms with E-state index in [0.717, 1.165) is 25.3 Å². The van der Waals surface area contributed by atoms with Crippen molar-refractivity contribution in [3.8, 4) is 0 Å². The number of aromatic nitrogens is 1. The van der Waals surface area contributed by atoms with Crippen LogP contribution >= 0.6 is 0 Å². The minimum absolute atomic E-state index is 0.0628. The largest absolute Gasteiger partial charge is 0.381 e. The summed E-state index contributed by atoms with van der Waals surface area (Å²) >= 11 is 0. The van der Waals surface area contributed by atoms with Gasteiger partial charge in [0, 0.05) is 24.8 Å². The lowest BCUT2D eigenvalue weighted by molar-refractivity contribution is 0.0110. The van der Waals surface area contributed by atoms with Crippen molar-refractivity contribution in [1.29, 1.82) is 0 Å². The van der Waals surface area contributed by atoms with Gasteiger partial charge in [0.05, 0.1) is 18.9 Å². The third-order valence-corrected chi connectivity index (χ3v) is 2.99. The van der Waals surface area contributed by atoms with Crippen LogP contribution in [0.4, 0.5) is 0 Å². The Balaban J connectivity index is 1.93. The molecule has 0 aliphatic carbocycles. The highest BCUT2D eigenvalue weighted by Crippen LogP contribution is 2.21. The SMILES string of the molecule is CC(N)C(OCC1CCOC1)c1ccccn1. The molecule has 1 aromatic rings. The molecule has 1 aliphatic heterocycles. The first-order chi connectivity index (χ1) is 8.27. The second-order valence-corrected chi connectivity index (χ2v) is 4.60. The van der Waals surface area contributed by atoms with Crippen molar-refractivity contribution in [1.82, 2.24) is 4.98 Å². The van der Waals surface area contributed by atoms with Crippen LogP contribution in [0.5, 0.6) is 0 Å². The van der Waals surface area contributed by atoms with Crippen molar-refractivity contribution >= 4 is 0 Å². The Hall–Kier alpha value is -0.970. The van der Waals surface area contributed by atoms with Crippen molar-refractivity contribution in [2.24, 2.45) is 11.7 Å². The molecule has 1 saturated heterocycles. The van der Waals surface area contributed by atoms with Gasteiger partial charge in [-0.25, -0.2) is 0 Å². The first-order valence-electron chi connectivity index (χ1n) is 6.13. The molecule has 0 aromatic carbocycles. The molecule has 2 heterocycles. The zero-order valence-corrected chi connectivity index (χ0v) is 10.2. The second kappa shape index (κ2) is 6.10. The molecule has 94 valence electrons. The van der Waals surface area contributed by atoms with Gasteiger partial charge in [-0.05, 0) is 25.5 Å². The van der Waals surface area contributed by atoms with Crippen LogP contribution < -0.4 is 5.73 Å². The van der Waals surface area contributed by atoms with Gasteiger partial charge in [-0.15, -0.1) is 0 Å². The Labute approximate surface area is 102 Å². The van der Waals surface area contributed by atoms with Gasteiger partial charge in [0.1, 0.15) is 6.10 Å². The van der Waals surface area contributed by atoms with Crippen LogP contribution in [0, 0.1) is 5.92 Å². The van der Waals surface area contributed by atoms with Crippen LogP contribution in [0.1, 0.15) is 25.1 Å². The maximum absolute atomic E-state index is 5.96. The maximum atomic E-state index is 5.96. The molecular formula is C13H20N2O2. The Morgan fingerprint density at radius 3 is 3.06 bits per heavy atom. The normalized spacial score (nSPS) is 23.5. The Bertz CT molecular complexity index is 323. The molecule has 4 nitrogen and oxygen atoms in total. The van der Waals surface area contributed by atoms with Crippen LogP contribution in [0.3, 0.4) is 0 Å². The molecule has 2 N–H and O–H groups in total. The van der Waals surface area contributed by atoms with Crippen molar-refractivity contribution < 1.29 is 9.47 Å². The summed E-state index contributed by atoms with van der Waals surface area (Å²) in [6.45, 7) is 4.29. The molecule has 4 heteroatoms. The lowest BCUT2D eigenvalue weighted by Crippen LogP contribution is -2.29. The van der Waals surface area contributed by atoms with E-state index < -0.39 is 0 Å². The van der Waals surface area contributed by atoms with E-state index >= 15 is 0 Å². The summed E-state index contributed by atoms with van der Waals surface area (Å²) in [7, 11) is 0. The lowest BCUT2D eigenvalue weighted by Gasteiger charge is -2.22. The van der Waals surface area contributed by atoms with Gasteiger partial charge in [-0.3, -0.25) is 4.98 Å². The fourth-order valence-electron chi connectivity index (χ4n) is 2.01. The van der Waals surface area contributed by atoms with Crippen molar-refractivity contribution in [2.75, 3.05) is 19.8 Å². The summed E-state index contributed by atoms with van der Waals surface area (Å²) in [5, 5.41) is 0. The number of nitrogens with zero attached hydrogens (tertiary/aromatic N) is 1. The molecule has 0 spiro atoms. The first kappa shape index (κ1) is 12.5. The monoisotopic (exact) mass is 236 g/mol. The number of pyridine rings is 1. The van der Waals surface area contributed by atoms with E-state index in [1.807, 2.05) is 25.1 Å². The Kier molecular flexibility index (Phi) is 4.48. The Morgan fingerprint density at radius 1 is 1.59 bits per heavy atom. The van der Waals surface area contributed by atoms with Crippen molar-refractivity contribution in [3.63, 3.8) is 0 Å². The summed E-state index contributed by atoms with van der Waals surface area (Å²) in [6, 6.07) is 5.75. The summed E-state index contributed by atoms with van der Waals surface area (Å²) < 4.78 is 11.2. The highest BCUT2D eigenvalue weighted by molar-refractivity contribution is 5.08. The van der Waals surface area contributed by atoms with Gasteiger partial charge >= 0.3 is 0 Å². The average Bonchev–Trinajstić information content (AvgIpc) is 2.83. The molecule has 1 fully saturated rings. The molecule has 3 unspecified atom stereocenters. The van der Waals surface area contributed by atoms with E-state index in [1.165, 1.54) is 0 Å². The standard InChI is InChI=1S/C13H20N2O2/c1-10(14)13(12-4-2-3-6-15-12)17-9-11-5-7-16-8-11/h2-4,6,10-11,13H,5,7-9,14H2,1H3. The molecule has 3 atom stereocenters. The van der Waals surface area contributed by atoms with E-state index in [2.05, 4.69) is 4.98 Å². The summed E-state index contributed by atoms with van der Waals surface area (Å²) in [4.78, 5) is 4.31. The van der Waals surface area contributed by atoms with Crippen LogP contribution in [0.15, 0.2) is 24.4 Å². The van der Waals surface area contributed by atoms with E-state index in [0.29, 0.717) is 12.5 Å².